The van der Waals surface area contributed by atoms with Crippen LogP contribution in [0.25, 0.3) is 0 Å². The van der Waals surface area contributed by atoms with Crippen molar-refractivity contribution in [1.29, 1.82) is 0 Å². The van der Waals surface area contributed by atoms with Crippen molar-refractivity contribution in [3.63, 3.8) is 0 Å². The summed E-state index contributed by atoms with van der Waals surface area (Å²) in [6.45, 7) is -2.20. The van der Waals surface area contributed by atoms with Crippen molar-refractivity contribution in [2.24, 2.45) is 0 Å². The van der Waals surface area contributed by atoms with Crippen LogP contribution in [0.2, 0.25) is 0 Å². The monoisotopic (exact) mass is 331 g/mol. The fourth-order valence-corrected chi connectivity index (χ4v) is 3.17. The number of alkyl halides is 2. The Bertz CT molecular complexity index is 691. The van der Waals surface area contributed by atoms with Crippen molar-refractivity contribution in [3.8, 4) is 5.75 Å². The van der Waals surface area contributed by atoms with Gasteiger partial charge < -0.3 is 9.64 Å². The lowest BCUT2D eigenvalue weighted by atomic mass is 10.0. The Hall–Kier alpha value is -2.43. The molecule has 0 N–H and O–H groups in total. The molecule has 0 bridgehead atoms. The summed E-state index contributed by atoms with van der Waals surface area (Å²) in [6, 6.07) is 16.2. The molecule has 1 atom stereocenters. The molecular formula is C19H19F2NO2. The maximum Gasteiger partial charge on any atom is 0.387 e. The number of hydrogen-bond acceptors (Lipinski definition) is 2. The zero-order chi connectivity index (χ0) is 16.9. The first kappa shape index (κ1) is 16.4. The van der Waals surface area contributed by atoms with E-state index in [1.54, 1.807) is 12.1 Å². The van der Waals surface area contributed by atoms with E-state index in [9.17, 15) is 13.6 Å². The lowest BCUT2D eigenvalue weighted by molar-refractivity contribution is -0.0499. The normalized spacial score (nSPS) is 17.3. The first-order valence-electron chi connectivity index (χ1n) is 8.03. The molecule has 3 nitrogen and oxygen atoms in total. The molecule has 0 saturated carbocycles. The van der Waals surface area contributed by atoms with Gasteiger partial charge in [-0.15, -0.1) is 0 Å². The Balaban J connectivity index is 1.73. The average Bonchev–Trinajstić information content (AvgIpc) is 3.03. The van der Waals surface area contributed by atoms with Crippen molar-refractivity contribution in [2.75, 3.05) is 6.54 Å². The van der Waals surface area contributed by atoms with Crippen LogP contribution in [0.1, 0.15) is 28.8 Å². The van der Waals surface area contributed by atoms with E-state index in [1.165, 1.54) is 17.7 Å². The number of benzene rings is 2. The second-order valence-electron chi connectivity index (χ2n) is 5.89. The third-order valence-corrected chi connectivity index (χ3v) is 4.26. The lowest BCUT2D eigenvalue weighted by Gasteiger charge is -2.25. The molecule has 1 heterocycles. The number of ether oxygens (including phenoxy) is 1. The van der Waals surface area contributed by atoms with E-state index in [4.69, 9.17) is 0 Å². The van der Waals surface area contributed by atoms with Gasteiger partial charge in [0.15, 0.2) is 0 Å². The summed E-state index contributed by atoms with van der Waals surface area (Å²) < 4.78 is 29.1. The number of hydrogen-bond donors (Lipinski definition) is 0. The van der Waals surface area contributed by atoms with Gasteiger partial charge in [0, 0.05) is 18.2 Å². The third-order valence-electron chi connectivity index (χ3n) is 4.26. The van der Waals surface area contributed by atoms with E-state index in [0.29, 0.717) is 12.1 Å². The zero-order valence-electron chi connectivity index (χ0n) is 13.2. The maximum atomic E-state index is 12.8. The van der Waals surface area contributed by atoms with Gasteiger partial charge in [-0.3, -0.25) is 4.79 Å². The Morgan fingerprint density at radius 1 is 1.17 bits per heavy atom. The Morgan fingerprint density at radius 3 is 2.71 bits per heavy atom. The Morgan fingerprint density at radius 2 is 1.96 bits per heavy atom. The van der Waals surface area contributed by atoms with Crippen molar-refractivity contribution in [3.05, 3.63) is 65.7 Å². The Labute approximate surface area is 139 Å². The number of nitrogens with zero attached hydrogens (tertiary/aromatic N) is 1. The molecule has 0 aliphatic carbocycles. The minimum absolute atomic E-state index is 0.00894. The highest BCUT2D eigenvalue weighted by molar-refractivity contribution is 5.95. The first-order chi connectivity index (χ1) is 11.6. The second kappa shape index (κ2) is 7.43. The average molecular weight is 331 g/mol. The van der Waals surface area contributed by atoms with Gasteiger partial charge in [0.2, 0.25) is 0 Å². The van der Waals surface area contributed by atoms with Crippen molar-refractivity contribution in [1.82, 2.24) is 4.90 Å². The van der Waals surface area contributed by atoms with Crippen LogP contribution in [0.3, 0.4) is 0 Å². The van der Waals surface area contributed by atoms with E-state index in [-0.39, 0.29) is 17.7 Å². The summed E-state index contributed by atoms with van der Waals surface area (Å²) >= 11 is 0. The van der Waals surface area contributed by atoms with Gasteiger partial charge in [-0.05, 0) is 43.0 Å². The van der Waals surface area contributed by atoms with E-state index in [1.807, 2.05) is 23.1 Å². The van der Waals surface area contributed by atoms with Crippen LogP contribution in [-0.4, -0.2) is 30.0 Å². The number of carbonyl (C=O) groups is 1. The molecule has 0 aromatic heterocycles. The molecule has 1 saturated heterocycles. The van der Waals surface area contributed by atoms with Gasteiger partial charge >= 0.3 is 6.61 Å². The standard InChI is InChI=1S/C19H19F2NO2/c20-19(21)24-17-10-4-8-15(13-17)18(23)22-11-5-9-16(22)12-14-6-2-1-3-7-14/h1-4,6-8,10,13,16,19H,5,9,11-12H2. The van der Waals surface area contributed by atoms with Gasteiger partial charge in [0.25, 0.3) is 5.91 Å². The third kappa shape index (κ3) is 3.91. The molecule has 1 aliphatic heterocycles. The highest BCUT2D eigenvalue weighted by atomic mass is 19.3. The minimum Gasteiger partial charge on any atom is -0.435 e. The number of rotatable bonds is 5. The van der Waals surface area contributed by atoms with Crippen molar-refractivity contribution in [2.45, 2.75) is 31.9 Å². The molecule has 24 heavy (non-hydrogen) atoms. The maximum absolute atomic E-state index is 12.8. The number of carbonyl (C=O) groups excluding carboxylic acids is 1. The summed E-state index contributed by atoms with van der Waals surface area (Å²) in [6.07, 6.45) is 2.71. The van der Waals surface area contributed by atoms with Crippen molar-refractivity contribution < 1.29 is 18.3 Å². The number of likely N-dealkylation sites (tertiary alicyclic amines) is 1. The predicted octanol–water partition coefficient (Wildman–Crippen LogP) is 4.14. The van der Waals surface area contributed by atoms with Gasteiger partial charge in [-0.1, -0.05) is 36.4 Å². The SMILES string of the molecule is O=C(c1cccc(OC(F)F)c1)N1CCCC1Cc1ccccc1. The molecule has 1 aliphatic rings. The van der Waals surface area contributed by atoms with Crippen LogP contribution in [-0.2, 0) is 6.42 Å². The fourth-order valence-electron chi connectivity index (χ4n) is 3.17. The largest absolute Gasteiger partial charge is 0.435 e. The summed E-state index contributed by atoms with van der Waals surface area (Å²) in [5.74, 6) is -0.122. The van der Waals surface area contributed by atoms with Gasteiger partial charge in [0.1, 0.15) is 5.75 Å². The summed E-state index contributed by atoms with van der Waals surface area (Å²) in [5.41, 5.74) is 1.57. The topological polar surface area (TPSA) is 29.5 Å². The van der Waals surface area contributed by atoms with Crippen LogP contribution < -0.4 is 4.74 Å². The van der Waals surface area contributed by atoms with Gasteiger partial charge in [-0.25, -0.2) is 0 Å². The van der Waals surface area contributed by atoms with Crippen LogP contribution in [0.15, 0.2) is 54.6 Å². The van der Waals surface area contributed by atoms with Gasteiger partial charge in [0.05, 0.1) is 0 Å². The number of halogens is 2. The molecule has 1 fully saturated rings. The molecule has 0 radical (unpaired) electrons. The second-order valence-corrected chi connectivity index (χ2v) is 5.89. The highest BCUT2D eigenvalue weighted by Gasteiger charge is 2.29. The van der Waals surface area contributed by atoms with E-state index >= 15 is 0 Å². The summed E-state index contributed by atoms with van der Waals surface area (Å²) in [7, 11) is 0. The summed E-state index contributed by atoms with van der Waals surface area (Å²) in [5, 5.41) is 0. The van der Waals surface area contributed by atoms with E-state index < -0.39 is 6.61 Å². The molecular weight excluding hydrogens is 312 g/mol. The van der Waals surface area contributed by atoms with Crippen LogP contribution in [0.5, 0.6) is 5.75 Å². The molecule has 2 aromatic carbocycles. The smallest absolute Gasteiger partial charge is 0.387 e. The number of amides is 1. The molecule has 1 unspecified atom stereocenters. The van der Waals surface area contributed by atoms with Crippen LogP contribution >= 0.6 is 0 Å². The van der Waals surface area contributed by atoms with E-state index in [0.717, 1.165) is 19.3 Å². The zero-order valence-corrected chi connectivity index (χ0v) is 13.2. The van der Waals surface area contributed by atoms with Crippen LogP contribution in [0, 0.1) is 0 Å². The quantitative estimate of drug-likeness (QED) is 0.824. The van der Waals surface area contributed by atoms with Crippen LogP contribution in [0.4, 0.5) is 8.78 Å². The predicted molar refractivity (Wildman–Crippen MR) is 87.3 cm³/mol. The summed E-state index contributed by atoms with van der Waals surface area (Å²) in [4.78, 5) is 14.6. The molecule has 0 spiro atoms. The molecule has 5 heteroatoms. The Kier molecular flexibility index (Phi) is 5.08. The highest BCUT2D eigenvalue weighted by Crippen LogP contribution is 2.25. The fraction of sp³-hybridized carbons (Fsp3) is 0.316. The van der Waals surface area contributed by atoms with Crippen molar-refractivity contribution >= 4 is 5.91 Å². The van der Waals surface area contributed by atoms with E-state index in [2.05, 4.69) is 16.9 Å². The lowest BCUT2D eigenvalue weighted by Crippen LogP contribution is -2.36. The molecule has 2 aromatic rings. The van der Waals surface area contributed by atoms with Gasteiger partial charge in [-0.2, -0.15) is 8.78 Å². The molecule has 1 amide bonds. The first-order valence-corrected chi connectivity index (χ1v) is 8.03. The molecule has 126 valence electrons. The molecule has 3 rings (SSSR count). The minimum atomic E-state index is -2.90.